The zero-order chi connectivity index (χ0) is 8.55. The molecule has 0 spiro atoms. The van der Waals surface area contributed by atoms with Crippen molar-refractivity contribution < 1.29 is 9.59 Å². The molecule has 0 fully saturated rings. The van der Waals surface area contributed by atoms with E-state index in [1.165, 1.54) is 18.4 Å². The van der Waals surface area contributed by atoms with Gasteiger partial charge in [0.1, 0.15) is 0 Å². The number of hydrogen-bond donors (Lipinski definition) is 0. The van der Waals surface area contributed by atoms with E-state index in [9.17, 15) is 9.59 Å². The maximum absolute atomic E-state index is 11.1. The van der Waals surface area contributed by atoms with Gasteiger partial charge < -0.3 is 0 Å². The van der Waals surface area contributed by atoms with Crippen molar-refractivity contribution in [3.8, 4) is 0 Å². The molecule has 2 rings (SSSR count). The van der Waals surface area contributed by atoms with Crippen LogP contribution < -0.4 is 0 Å². The highest BCUT2D eigenvalue weighted by atomic mass is 35.5. The van der Waals surface area contributed by atoms with Gasteiger partial charge in [-0.3, -0.25) is 14.6 Å². The van der Waals surface area contributed by atoms with Crippen LogP contribution in [0, 0.1) is 0 Å². The number of rotatable bonds is 0. The normalized spacial score (nSPS) is 18.8. The van der Waals surface area contributed by atoms with Gasteiger partial charge in [0.15, 0.2) is 5.78 Å². The van der Waals surface area contributed by atoms with E-state index in [-0.39, 0.29) is 24.0 Å². The van der Waals surface area contributed by atoms with Crippen LogP contribution in [0.1, 0.15) is 0 Å². The summed E-state index contributed by atoms with van der Waals surface area (Å²) in [5.74, 6) is -0.351. The Morgan fingerprint density at radius 2 is 1.92 bits per heavy atom. The fraction of sp³-hybridized carbons (Fsp3) is 0. The minimum absolute atomic E-state index is 0. The number of allylic oxidation sites excluding steroid dienone is 5. The first kappa shape index (κ1) is 9.61. The van der Waals surface area contributed by atoms with E-state index >= 15 is 0 Å². The summed E-state index contributed by atoms with van der Waals surface area (Å²) >= 11 is 0. The van der Waals surface area contributed by atoms with Crippen molar-refractivity contribution in [2.75, 3.05) is 0 Å². The van der Waals surface area contributed by atoms with E-state index in [4.69, 9.17) is 0 Å². The fourth-order valence-electron chi connectivity index (χ4n) is 1.12. The van der Waals surface area contributed by atoms with Gasteiger partial charge in [-0.05, 0) is 18.2 Å². The standard InChI is InChI=1S/C9H5NO2.ClH/c11-7-2-1-6-4-10-5-9(12)8(6)3-7;/h1-5H;1H. The van der Waals surface area contributed by atoms with Crippen molar-refractivity contribution in [2.24, 2.45) is 4.99 Å². The van der Waals surface area contributed by atoms with Crippen LogP contribution in [0.5, 0.6) is 0 Å². The Kier molecular flexibility index (Phi) is 2.58. The maximum atomic E-state index is 11.1. The second-order valence-corrected chi connectivity index (χ2v) is 2.52. The molecule has 13 heavy (non-hydrogen) atoms. The number of hydrogen-bond acceptors (Lipinski definition) is 3. The molecule has 0 atom stereocenters. The molecule has 1 aliphatic carbocycles. The summed E-state index contributed by atoms with van der Waals surface area (Å²) in [7, 11) is 0. The molecular formula is C9H6ClNO2. The Morgan fingerprint density at radius 3 is 2.69 bits per heavy atom. The summed E-state index contributed by atoms with van der Waals surface area (Å²) in [6.07, 6.45) is 7.13. The summed E-state index contributed by atoms with van der Waals surface area (Å²) < 4.78 is 0. The molecule has 0 saturated carbocycles. The number of aliphatic imine (C=N–C) groups is 1. The molecule has 1 heterocycles. The Hall–Kier alpha value is -1.48. The Morgan fingerprint density at radius 1 is 1.15 bits per heavy atom. The smallest absolute Gasteiger partial charge is 0.204 e. The molecule has 0 aromatic rings. The first-order valence-electron chi connectivity index (χ1n) is 3.49. The van der Waals surface area contributed by atoms with Gasteiger partial charge in [-0.1, -0.05) is 0 Å². The fourth-order valence-corrected chi connectivity index (χ4v) is 1.12. The third-order valence-corrected chi connectivity index (χ3v) is 1.70. The van der Waals surface area contributed by atoms with Gasteiger partial charge in [0, 0.05) is 17.3 Å². The van der Waals surface area contributed by atoms with Crippen LogP contribution in [-0.2, 0) is 9.59 Å². The molecule has 0 unspecified atom stereocenters. The summed E-state index contributed by atoms with van der Waals surface area (Å²) in [5, 5.41) is 0. The zero-order valence-corrected chi connectivity index (χ0v) is 7.38. The Bertz CT molecular complexity index is 388. The average molecular weight is 196 g/mol. The lowest BCUT2D eigenvalue weighted by Gasteiger charge is -2.09. The zero-order valence-electron chi connectivity index (χ0n) is 6.56. The summed E-state index contributed by atoms with van der Waals surface area (Å²) in [4.78, 5) is 25.7. The quantitative estimate of drug-likeness (QED) is 0.579. The van der Waals surface area contributed by atoms with Crippen molar-refractivity contribution >= 4 is 30.2 Å². The van der Waals surface area contributed by atoms with Crippen LogP contribution in [0.15, 0.2) is 40.6 Å². The van der Waals surface area contributed by atoms with Crippen molar-refractivity contribution in [1.82, 2.24) is 0 Å². The van der Waals surface area contributed by atoms with E-state index in [0.717, 1.165) is 0 Å². The molecule has 0 aromatic heterocycles. The minimum atomic E-state index is -0.204. The number of Topliss-reactive ketones (excluding diaryl/α,β-unsaturated/α-hetero) is 1. The largest absolute Gasteiger partial charge is 0.290 e. The molecule has 0 amide bonds. The molecule has 3 nitrogen and oxygen atoms in total. The lowest BCUT2D eigenvalue weighted by Crippen LogP contribution is -2.13. The third kappa shape index (κ3) is 1.65. The van der Waals surface area contributed by atoms with Gasteiger partial charge in [0.2, 0.25) is 5.78 Å². The molecule has 2 aliphatic rings. The SMILES string of the molecule is Cl.O=C1C=CC2=CN=CC(=O)C2=C1. The van der Waals surface area contributed by atoms with Gasteiger partial charge in [0.25, 0.3) is 0 Å². The Labute approximate surface area is 80.9 Å². The van der Waals surface area contributed by atoms with E-state index in [0.29, 0.717) is 11.1 Å². The molecule has 4 heteroatoms. The maximum Gasteiger partial charge on any atom is 0.204 e. The molecule has 0 bridgehead atoms. The number of halogens is 1. The van der Waals surface area contributed by atoms with Crippen LogP contribution in [0.2, 0.25) is 0 Å². The molecule has 0 aromatic carbocycles. The van der Waals surface area contributed by atoms with Crippen LogP contribution in [0.3, 0.4) is 0 Å². The van der Waals surface area contributed by atoms with Crippen molar-refractivity contribution in [3.63, 3.8) is 0 Å². The minimum Gasteiger partial charge on any atom is -0.290 e. The molecule has 0 radical (unpaired) electrons. The number of nitrogens with zero attached hydrogens (tertiary/aromatic N) is 1. The number of ketones is 2. The lowest BCUT2D eigenvalue weighted by atomic mass is 9.95. The second kappa shape index (κ2) is 3.49. The first-order chi connectivity index (χ1) is 5.77. The summed E-state index contributed by atoms with van der Waals surface area (Å²) in [6.45, 7) is 0. The predicted octanol–water partition coefficient (Wildman–Crippen LogP) is 1.01. The van der Waals surface area contributed by atoms with Crippen LogP contribution >= 0.6 is 12.4 Å². The van der Waals surface area contributed by atoms with Gasteiger partial charge in [-0.2, -0.15) is 0 Å². The van der Waals surface area contributed by atoms with Crippen LogP contribution in [0.25, 0.3) is 0 Å². The predicted molar refractivity (Wildman–Crippen MR) is 51.1 cm³/mol. The number of fused-ring (bicyclic) bond motifs is 1. The van der Waals surface area contributed by atoms with Crippen molar-refractivity contribution in [3.05, 3.63) is 35.6 Å². The molecule has 0 N–H and O–H groups in total. The molecule has 1 aliphatic heterocycles. The second-order valence-electron chi connectivity index (χ2n) is 2.52. The number of carbonyl (C=O) groups is 2. The topological polar surface area (TPSA) is 46.5 Å². The lowest BCUT2D eigenvalue weighted by molar-refractivity contribution is -0.112. The van der Waals surface area contributed by atoms with Crippen LogP contribution in [0.4, 0.5) is 0 Å². The monoisotopic (exact) mass is 195 g/mol. The first-order valence-corrected chi connectivity index (χ1v) is 3.49. The molecule has 0 saturated heterocycles. The van der Waals surface area contributed by atoms with E-state index < -0.39 is 0 Å². The van der Waals surface area contributed by atoms with Crippen molar-refractivity contribution in [1.29, 1.82) is 0 Å². The summed E-state index contributed by atoms with van der Waals surface area (Å²) in [5.41, 5.74) is 1.15. The van der Waals surface area contributed by atoms with Crippen molar-refractivity contribution in [2.45, 2.75) is 0 Å². The number of carbonyl (C=O) groups excluding carboxylic acids is 2. The average Bonchev–Trinajstić information content (AvgIpc) is 2.07. The van der Waals surface area contributed by atoms with E-state index in [1.54, 1.807) is 12.3 Å². The van der Waals surface area contributed by atoms with Gasteiger partial charge in [0.05, 0.1) is 6.21 Å². The Balaban J connectivity index is 0.000000845. The van der Waals surface area contributed by atoms with Gasteiger partial charge in [-0.25, -0.2) is 0 Å². The summed E-state index contributed by atoms with van der Waals surface area (Å²) in [6, 6.07) is 0. The van der Waals surface area contributed by atoms with E-state index in [1.807, 2.05) is 0 Å². The highest BCUT2D eigenvalue weighted by molar-refractivity contribution is 6.39. The van der Waals surface area contributed by atoms with E-state index in [2.05, 4.69) is 4.99 Å². The highest BCUT2D eigenvalue weighted by Gasteiger charge is 2.17. The third-order valence-electron chi connectivity index (χ3n) is 1.70. The van der Waals surface area contributed by atoms with Gasteiger partial charge in [-0.15, -0.1) is 12.4 Å². The highest BCUT2D eigenvalue weighted by Crippen LogP contribution is 2.19. The van der Waals surface area contributed by atoms with Crippen LogP contribution in [-0.4, -0.2) is 17.8 Å². The van der Waals surface area contributed by atoms with Gasteiger partial charge >= 0.3 is 0 Å². The molecule has 66 valence electrons. The molecular weight excluding hydrogens is 190 g/mol.